The van der Waals surface area contributed by atoms with Gasteiger partial charge in [-0.2, -0.15) is 0 Å². The summed E-state index contributed by atoms with van der Waals surface area (Å²) in [6.07, 6.45) is 0. The third-order valence-electron chi connectivity index (χ3n) is 5.22. The molecule has 2 nitrogen and oxygen atoms in total. The molecule has 0 heterocycles. The largest absolute Gasteiger partial charge is 0.324 e. The molecule has 0 aliphatic heterocycles. The molecule has 156 valence electrons. The first-order chi connectivity index (χ1) is 14.5. The maximum Gasteiger partial charge on any atom is 0.242 e. The summed E-state index contributed by atoms with van der Waals surface area (Å²) < 4.78 is 0. The van der Waals surface area contributed by atoms with E-state index in [9.17, 15) is 4.79 Å². The molecule has 0 saturated heterocycles. The molecule has 3 aromatic carbocycles. The van der Waals surface area contributed by atoms with Gasteiger partial charge in [-0.1, -0.05) is 107 Å². The fraction of sp³-hybridized carbons (Fsp3) is 0.296. The normalized spacial score (nSPS) is 12.2. The van der Waals surface area contributed by atoms with Crippen molar-refractivity contribution in [2.45, 2.75) is 50.5 Å². The summed E-state index contributed by atoms with van der Waals surface area (Å²) in [6, 6.07) is 26.7. The van der Waals surface area contributed by atoms with Crippen molar-refractivity contribution in [3.05, 3.63) is 101 Å². The minimum atomic E-state index is -0.272. The van der Waals surface area contributed by atoms with Crippen LogP contribution in [0.5, 0.6) is 0 Å². The van der Waals surface area contributed by atoms with E-state index in [1.807, 2.05) is 48.5 Å². The molecular weight excluding hydrogens is 386 g/mol. The van der Waals surface area contributed by atoms with Crippen molar-refractivity contribution < 1.29 is 4.79 Å². The van der Waals surface area contributed by atoms with Crippen molar-refractivity contribution in [1.82, 2.24) is 0 Å². The van der Waals surface area contributed by atoms with Crippen LogP contribution in [-0.2, 0) is 10.5 Å². The number of carbonyl (C=O) groups excluding carboxylic acids is 1. The SMILES string of the molecule is CC(C)c1cccc(C(C)C)c1NC(=O)C(SCc1ccccc1)c1ccccc1. The second-order valence-electron chi connectivity index (χ2n) is 8.20. The fourth-order valence-corrected chi connectivity index (χ4v) is 4.70. The van der Waals surface area contributed by atoms with Crippen molar-refractivity contribution in [1.29, 1.82) is 0 Å². The molecule has 0 aromatic heterocycles. The number of amides is 1. The quantitative estimate of drug-likeness (QED) is 0.410. The molecule has 0 fully saturated rings. The van der Waals surface area contributed by atoms with Gasteiger partial charge in [0.1, 0.15) is 5.25 Å². The van der Waals surface area contributed by atoms with Gasteiger partial charge in [-0.15, -0.1) is 11.8 Å². The van der Waals surface area contributed by atoms with Gasteiger partial charge >= 0.3 is 0 Å². The average Bonchev–Trinajstić information content (AvgIpc) is 2.75. The lowest BCUT2D eigenvalue weighted by atomic mass is 9.92. The van der Waals surface area contributed by atoms with Crippen LogP contribution in [0.2, 0.25) is 0 Å². The Bertz CT molecular complexity index is 925. The van der Waals surface area contributed by atoms with E-state index in [0.29, 0.717) is 11.8 Å². The molecule has 0 aliphatic carbocycles. The molecule has 0 aliphatic rings. The van der Waals surface area contributed by atoms with E-state index < -0.39 is 0 Å². The van der Waals surface area contributed by atoms with Crippen LogP contribution in [0.1, 0.15) is 67.0 Å². The van der Waals surface area contributed by atoms with E-state index in [0.717, 1.165) is 17.0 Å². The summed E-state index contributed by atoms with van der Waals surface area (Å²) in [4.78, 5) is 13.6. The first-order valence-corrected chi connectivity index (χ1v) is 11.7. The van der Waals surface area contributed by atoms with Crippen molar-refractivity contribution in [2.75, 3.05) is 5.32 Å². The van der Waals surface area contributed by atoms with E-state index in [1.165, 1.54) is 16.7 Å². The zero-order chi connectivity index (χ0) is 21.5. The summed E-state index contributed by atoms with van der Waals surface area (Å²) >= 11 is 1.67. The van der Waals surface area contributed by atoms with Gasteiger partial charge in [0.2, 0.25) is 5.91 Å². The van der Waals surface area contributed by atoms with Crippen LogP contribution in [0.15, 0.2) is 78.9 Å². The Morgan fingerprint density at radius 1 is 0.767 bits per heavy atom. The zero-order valence-corrected chi connectivity index (χ0v) is 19.1. The monoisotopic (exact) mass is 417 g/mol. The number of para-hydroxylation sites is 1. The van der Waals surface area contributed by atoms with Gasteiger partial charge in [-0.05, 0) is 34.1 Å². The standard InChI is InChI=1S/C27H31NOS/c1-19(2)23-16-11-17-24(20(3)4)25(23)28-27(29)26(22-14-9-6-10-15-22)30-18-21-12-7-5-8-13-21/h5-17,19-20,26H,18H2,1-4H3,(H,28,29). The lowest BCUT2D eigenvalue weighted by Gasteiger charge is -2.23. The number of hydrogen-bond acceptors (Lipinski definition) is 2. The Morgan fingerprint density at radius 2 is 1.30 bits per heavy atom. The van der Waals surface area contributed by atoms with E-state index in [4.69, 9.17) is 0 Å². The molecule has 0 bridgehead atoms. The second-order valence-corrected chi connectivity index (χ2v) is 9.29. The van der Waals surface area contributed by atoms with Crippen LogP contribution in [0.25, 0.3) is 0 Å². The molecule has 0 radical (unpaired) electrons. The highest BCUT2D eigenvalue weighted by Crippen LogP contribution is 2.36. The maximum atomic E-state index is 13.6. The van der Waals surface area contributed by atoms with E-state index in [2.05, 4.69) is 63.3 Å². The van der Waals surface area contributed by atoms with Crippen LogP contribution < -0.4 is 5.32 Å². The molecule has 3 aromatic rings. The maximum absolute atomic E-state index is 13.6. The highest BCUT2D eigenvalue weighted by Gasteiger charge is 2.24. The Kier molecular flexibility index (Phi) is 7.75. The molecule has 1 amide bonds. The number of anilines is 1. The Labute approximate surface area is 185 Å². The molecule has 0 spiro atoms. The number of hydrogen-bond donors (Lipinski definition) is 1. The molecule has 1 unspecified atom stereocenters. The van der Waals surface area contributed by atoms with Gasteiger partial charge in [0, 0.05) is 11.4 Å². The number of carbonyl (C=O) groups is 1. The van der Waals surface area contributed by atoms with Gasteiger partial charge in [-0.3, -0.25) is 4.79 Å². The van der Waals surface area contributed by atoms with Gasteiger partial charge in [-0.25, -0.2) is 0 Å². The van der Waals surface area contributed by atoms with Gasteiger partial charge in [0.05, 0.1) is 0 Å². The molecule has 1 atom stereocenters. The summed E-state index contributed by atoms with van der Waals surface area (Å²) in [5, 5.41) is 3.05. The van der Waals surface area contributed by atoms with Gasteiger partial charge < -0.3 is 5.32 Å². The molecule has 1 N–H and O–H groups in total. The molecular formula is C27H31NOS. The van der Waals surface area contributed by atoms with Crippen molar-refractivity contribution in [3.63, 3.8) is 0 Å². The summed E-state index contributed by atoms with van der Waals surface area (Å²) in [5.74, 6) is 1.51. The molecule has 30 heavy (non-hydrogen) atoms. The van der Waals surface area contributed by atoms with Gasteiger partial charge in [0.25, 0.3) is 0 Å². The van der Waals surface area contributed by atoms with Crippen molar-refractivity contribution in [3.8, 4) is 0 Å². The third-order valence-corrected chi connectivity index (χ3v) is 6.54. The highest BCUT2D eigenvalue weighted by molar-refractivity contribution is 7.99. The summed E-state index contributed by atoms with van der Waals surface area (Å²) in [5.41, 5.74) is 5.61. The van der Waals surface area contributed by atoms with Crippen molar-refractivity contribution >= 4 is 23.4 Å². The third kappa shape index (κ3) is 5.54. The topological polar surface area (TPSA) is 29.1 Å². The highest BCUT2D eigenvalue weighted by atomic mass is 32.2. The van der Waals surface area contributed by atoms with E-state index >= 15 is 0 Å². The van der Waals surface area contributed by atoms with Crippen LogP contribution >= 0.6 is 11.8 Å². The minimum Gasteiger partial charge on any atom is -0.324 e. The van der Waals surface area contributed by atoms with E-state index in [1.54, 1.807) is 11.8 Å². The number of nitrogens with one attached hydrogen (secondary N) is 1. The summed E-state index contributed by atoms with van der Waals surface area (Å²) in [6.45, 7) is 8.70. The minimum absolute atomic E-state index is 0.0390. The zero-order valence-electron chi connectivity index (χ0n) is 18.3. The van der Waals surface area contributed by atoms with Crippen LogP contribution in [0, 0.1) is 0 Å². The summed E-state index contributed by atoms with van der Waals surface area (Å²) in [7, 11) is 0. The number of thioether (sulfide) groups is 1. The fourth-order valence-electron chi connectivity index (χ4n) is 3.59. The Hall–Kier alpha value is -2.52. The Balaban J connectivity index is 1.90. The Morgan fingerprint density at radius 3 is 1.83 bits per heavy atom. The average molecular weight is 418 g/mol. The lowest BCUT2D eigenvalue weighted by Crippen LogP contribution is -2.21. The first-order valence-electron chi connectivity index (χ1n) is 10.6. The molecule has 3 heteroatoms. The number of rotatable bonds is 8. The van der Waals surface area contributed by atoms with Gasteiger partial charge in [0.15, 0.2) is 0 Å². The first kappa shape index (κ1) is 22.2. The second kappa shape index (κ2) is 10.5. The smallest absolute Gasteiger partial charge is 0.242 e. The van der Waals surface area contributed by atoms with Crippen molar-refractivity contribution in [2.24, 2.45) is 0 Å². The van der Waals surface area contributed by atoms with E-state index in [-0.39, 0.29) is 11.2 Å². The predicted octanol–water partition coefficient (Wildman–Crippen LogP) is 7.55. The predicted molar refractivity (Wildman–Crippen MR) is 130 cm³/mol. The molecule has 3 rings (SSSR count). The van der Waals surface area contributed by atoms with Crippen LogP contribution in [-0.4, -0.2) is 5.91 Å². The lowest BCUT2D eigenvalue weighted by molar-refractivity contribution is -0.115. The molecule has 0 saturated carbocycles. The van der Waals surface area contributed by atoms with Crippen LogP contribution in [0.4, 0.5) is 5.69 Å². The van der Waals surface area contributed by atoms with Crippen LogP contribution in [0.3, 0.4) is 0 Å². The number of benzene rings is 3.